The third-order valence-electron chi connectivity index (χ3n) is 4.51. The molecule has 2 aromatic rings. The Kier molecular flexibility index (Phi) is 6.26. The maximum atomic E-state index is 12.1. The van der Waals surface area contributed by atoms with Crippen molar-refractivity contribution in [2.45, 2.75) is 25.3 Å². The Labute approximate surface area is 147 Å². The standard InChI is InChI=1S/C19H25N3OS/c23-19(20-10-8-16-6-2-1-3-7-16)21-14-18(17-9-13-24-15-17)22-11-4-5-12-22/h1-3,6-7,9,13,15,18H,4-5,8,10-12,14H2,(H2,20,21,23). The monoisotopic (exact) mass is 343 g/mol. The first-order chi connectivity index (χ1) is 11.8. The van der Waals surface area contributed by atoms with E-state index >= 15 is 0 Å². The van der Waals surface area contributed by atoms with Crippen LogP contribution < -0.4 is 10.6 Å². The van der Waals surface area contributed by atoms with Crippen LogP contribution in [0.15, 0.2) is 47.2 Å². The summed E-state index contributed by atoms with van der Waals surface area (Å²) in [5.74, 6) is 0. The number of benzene rings is 1. The van der Waals surface area contributed by atoms with Crippen molar-refractivity contribution >= 4 is 17.4 Å². The van der Waals surface area contributed by atoms with Crippen LogP contribution in [0.1, 0.15) is 30.0 Å². The molecular formula is C19H25N3OS. The minimum absolute atomic E-state index is 0.0784. The molecule has 1 aromatic heterocycles. The zero-order valence-corrected chi connectivity index (χ0v) is 14.7. The number of nitrogens with one attached hydrogen (secondary N) is 2. The predicted octanol–water partition coefficient (Wildman–Crippen LogP) is 3.43. The van der Waals surface area contributed by atoms with Crippen LogP contribution in [0.4, 0.5) is 4.79 Å². The summed E-state index contributed by atoms with van der Waals surface area (Å²) in [4.78, 5) is 14.6. The second-order valence-electron chi connectivity index (χ2n) is 6.19. The number of carbonyl (C=O) groups is 1. The van der Waals surface area contributed by atoms with Crippen molar-refractivity contribution in [3.8, 4) is 0 Å². The number of rotatable bonds is 7. The summed E-state index contributed by atoms with van der Waals surface area (Å²) >= 11 is 1.72. The first-order valence-corrected chi connectivity index (χ1v) is 9.59. The van der Waals surface area contributed by atoms with Gasteiger partial charge in [0.05, 0.1) is 6.04 Å². The van der Waals surface area contributed by atoms with Crippen LogP contribution in [0.25, 0.3) is 0 Å². The highest BCUT2D eigenvalue weighted by Crippen LogP contribution is 2.26. The van der Waals surface area contributed by atoms with Gasteiger partial charge in [0.25, 0.3) is 0 Å². The molecule has 5 heteroatoms. The molecule has 2 N–H and O–H groups in total. The average molecular weight is 343 g/mol. The number of thiophene rings is 1. The quantitative estimate of drug-likeness (QED) is 0.809. The van der Waals surface area contributed by atoms with Crippen molar-refractivity contribution in [3.05, 3.63) is 58.3 Å². The van der Waals surface area contributed by atoms with E-state index in [-0.39, 0.29) is 6.03 Å². The number of nitrogens with zero attached hydrogens (tertiary/aromatic N) is 1. The maximum Gasteiger partial charge on any atom is 0.314 e. The van der Waals surface area contributed by atoms with Gasteiger partial charge in [0.15, 0.2) is 0 Å². The van der Waals surface area contributed by atoms with Crippen molar-refractivity contribution in [1.29, 1.82) is 0 Å². The third kappa shape index (κ3) is 4.82. The van der Waals surface area contributed by atoms with E-state index < -0.39 is 0 Å². The van der Waals surface area contributed by atoms with Crippen LogP contribution in [0.2, 0.25) is 0 Å². The zero-order chi connectivity index (χ0) is 16.6. The largest absolute Gasteiger partial charge is 0.338 e. The van der Waals surface area contributed by atoms with Crippen molar-refractivity contribution in [2.24, 2.45) is 0 Å². The lowest BCUT2D eigenvalue weighted by molar-refractivity contribution is 0.221. The summed E-state index contributed by atoms with van der Waals surface area (Å²) in [6.07, 6.45) is 3.36. The summed E-state index contributed by atoms with van der Waals surface area (Å²) in [6.45, 7) is 3.56. The average Bonchev–Trinajstić information content (AvgIpc) is 3.30. The lowest BCUT2D eigenvalue weighted by Gasteiger charge is -2.27. The van der Waals surface area contributed by atoms with E-state index in [1.807, 2.05) is 18.2 Å². The molecule has 0 aliphatic carbocycles. The molecule has 0 spiro atoms. The molecule has 2 amide bonds. The van der Waals surface area contributed by atoms with Gasteiger partial charge in [-0.25, -0.2) is 4.79 Å². The number of carbonyl (C=O) groups excluding carboxylic acids is 1. The lowest BCUT2D eigenvalue weighted by atomic mass is 10.1. The molecule has 128 valence electrons. The normalized spacial score (nSPS) is 16.0. The number of amides is 2. The van der Waals surface area contributed by atoms with E-state index in [4.69, 9.17) is 0 Å². The lowest BCUT2D eigenvalue weighted by Crippen LogP contribution is -2.42. The molecule has 1 saturated heterocycles. The summed E-state index contributed by atoms with van der Waals surface area (Å²) in [5, 5.41) is 10.3. The fourth-order valence-electron chi connectivity index (χ4n) is 3.19. The van der Waals surface area contributed by atoms with Gasteiger partial charge >= 0.3 is 6.03 Å². The Morgan fingerprint density at radius 2 is 1.92 bits per heavy atom. The number of urea groups is 1. The van der Waals surface area contributed by atoms with Gasteiger partial charge in [-0.3, -0.25) is 4.90 Å². The molecule has 2 heterocycles. The van der Waals surface area contributed by atoms with E-state index in [0.29, 0.717) is 19.1 Å². The third-order valence-corrected chi connectivity index (χ3v) is 5.21. The molecule has 1 atom stereocenters. The Morgan fingerprint density at radius 1 is 1.12 bits per heavy atom. The first-order valence-electron chi connectivity index (χ1n) is 8.65. The van der Waals surface area contributed by atoms with Crippen LogP contribution in [0, 0.1) is 0 Å². The predicted molar refractivity (Wildman–Crippen MR) is 99.4 cm³/mol. The zero-order valence-electron chi connectivity index (χ0n) is 13.9. The Hall–Kier alpha value is -1.85. The van der Waals surface area contributed by atoms with Crippen LogP contribution in [-0.2, 0) is 6.42 Å². The van der Waals surface area contributed by atoms with E-state index in [9.17, 15) is 4.79 Å². The fraction of sp³-hybridized carbons (Fsp3) is 0.421. The number of likely N-dealkylation sites (tertiary alicyclic amines) is 1. The minimum atomic E-state index is -0.0784. The van der Waals surface area contributed by atoms with E-state index in [0.717, 1.165) is 19.5 Å². The number of hydrogen-bond acceptors (Lipinski definition) is 3. The SMILES string of the molecule is O=C(NCCc1ccccc1)NCC(c1ccsc1)N1CCCC1. The van der Waals surface area contributed by atoms with Crippen LogP contribution in [0.5, 0.6) is 0 Å². The van der Waals surface area contributed by atoms with E-state index in [1.165, 1.54) is 24.0 Å². The van der Waals surface area contributed by atoms with E-state index in [1.54, 1.807) is 11.3 Å². The molecule has 1 aromatic carbocycles. The van der Waals surface area contributed by atoms with E-state index in [2.05, 4.69) is 44.5 Å². The Bertz CT molecular complexity index is 609. The highest BCUT2D eigenvalue weighted by atomic mass is 32.1. The molecule has 0 saturated carbocycles. The second kappa shape index (κ2) is 8.85. The Morgan fingerprint density at radius 3 is 2.62 bits per heavy atom. The van der Waals surface area contributed by atoms with Gasteiger partial charge in [0.2, 0.25) is 0 Å². The molecule has 0 bridgehead atoms. The smallest absolute Gasteiger partial charge is 0.314 e. The molecule has 4 nitrogen and oxygen atoms in total. The topological polar surface area (TPSA) is 44.4 Å². The van der Waals surface area contributed by atoms with Crippen molar-refractivity contribution in [3.63, 3.8) is 0 Å². The highest BCUT2D eigenvalue weighted by Gasteiger charge is 2.24. The molecular weight excluding hydrogens is 318 g/mol. The second-order valence-corrected chi connectivity index (χ2v) is 6.97. The van der Waals surface area contributed by atoms with Crippen molar-refractivity contribution < 1.29 is 4.79 Å². The van der Waals surface area contributed by atoms with Gasteiger partial charge in [-0.1, -0.05) is 30.3 Å². The van der Waals surface area contributed by atoms with Crippen LogP contribution >= 0.6 is 11.3 Å². The minimum Gasteiger partial charge on any atom is -0.338 e. The summed E-state index contributed by atoms with van der Waals surface area (Å²) < 4.78 is 0. The first kappa shape index (κ1) is 17.0. The Balaban J connectivity index is 1.44. The van der Waals surface area contributed by atoms with Crippen LogP contribution in [-0.4, -0.2) is 37.1 Å². The van der Waals surface area contributed by atoms with Crippen molar-refractivity contribution in [1.82, 2.24) is 15.5 Å². The molecule has 1 fully saturated rings. The van der Waals surface area contributed by atoms with Gasteiger partial charge in [0, 0.05) is 13.1 Å². The molecule has 3 rings (SSSR count). The molecule has 1 aliphatic rings. The summed E-state index contributed by atoms with van der Waals surface area (Å²) in [6, 6.07) is 12.6. The molecule has 1 aliphatic heterocycles. The molecule has 24 heavy (non-hydrogen) atoms. The number of hydrogen-bond donors (Lipinski definition) is 2. The van der Waals surface area contributed by atoms with Gasteiger partial charge in [0.1, 0.15) is 0 Å². The van der Waals surface area contributed by atoms with Gasteiger partial charge in [-0.15, -0.1) is 0 Å². The molecule has 1 unspecified atom stereocenters. The summed E-state index contributed by atoms with van der Waals surface area (Å²) in [5.41, 5.74) is 2.55. The molecule has 0 radical (unpaired) electrons. The van der Waals surface area contributed by atoms with Gasteiger partial charge in [-0.2, -0.15) is 11.3 Å². The highest BCUT2D eigenvalue weighted by molar-refractivity contribution is 7.07. The van der Waals surface area contributed by atoms with Gasteiger partial charge in [-0.05, 0) is 60.3 Å². The van der Waals surface area contributed by atoms with Crippen LogP contribution in [0.3, 0.4) is 0 Å². The van der Waals surface area contributed by atoms with Gasteiger partial charge < -0.3 is 10.6 Å². The van der Waals surface area contributed by atoms with Crippen molar-refractivity contribution in [2.75, 3.05) is 26.2 Å². The summed E-state index contributed by atoms with van der Waals surface area (Å²) in [7, 11) is 0. The maximum absolute atomic E-state index is 12.1. The fourth-order valence-corrected chi connectivity index (χ4v) is 3.90.